The van der Waals surface area contributed by atoms with Gasteiger partial charge in [-0.15, -0.1) is 0 Å². The maximum Gasteiger partial charge on any atom is 0.299 e. The van der Waals surface area contributed by atoms with Crippen molar-refractivity contribution in [3.8, 4) is 5.75 Å². The first-order valence-corrected chi connectivity index (χ1v) is 6.81. The summed E-state index contributed by atoms with van der Waals surface area (Å²) in [4.78, 5) is 15.0. The minimum absolute atomic E-state index is 0.00248. The molecule has 1 saturated carbocycles. The lowest BCUT2D eigenvalue weighted by Gasteiger charge is -2.10. The molecule has 0 unspecified atom stereocenters. The third-order valence-electron chi connectivity index (χ3n) is 4.02. The number of nitro groups is 1. The van der Waals surface area contributed by atoms with Crippen molar-refractivity contribution < 1.29 is 9.66 Å². The topological polar surface area (TPSA) is 65.3 Å². The summed E-state index contributed by atoms with van der Waals surface area (Å²) in [6.45, 7) is 0. The molecule has 0 radical (unpaired) electrons. The van der Waals surface area contributed by atoms with Crippen LogP contribution in [0.25, 0.3) is 10.9 Å². The van der Waals surface area contributed by atoms with Gasteiger partial charge in [-0.05, 0) is 36.5 Å². The maximum absolute atomic E-state index is 11.1. The zero-order valence-electron chi connectivity index (χ0n) is 11.3. The molecule has 0 N–H and O–H groups in total. The number of methoxy groups -OCH3 is 1. The molecule has 0 aliphatic heterocycles. The van der Waals surface area contributed by atoms with Crippen molar-refractivity contribution >= 4 is 16.6 Å². The second-order valence-corrected chi connectivity index (χ2v) is 5.23. The lowest BCUT2D eigenvalue weighted by atomic mass is 9.98. The van der Waals surface area contributed by atoms with Crippen LogP contribution < -0.4 is 4.74 Å². The number of nitrogens with zero attached hydrogens (tertiary/aromatic N) is 2. The Morgan fingerprint density at radius 2 is 2.05 bits per heavy atom. The van der Waals surface area contributed by atoms with Crippen LogP contribution in [0.2, 0.25) is 0 Å². The van der Waals surface area contributed by atoms with Gasteiger partial charge in [-0.25, -0.2) is 4.98 Å². The number of benzene rings is 1. The molecule has 1 fully saturated rings. The number of fused-ring (bicyclic) bond motifs is 1. The van der Waals surface area contributed by atoms with E-state index in [1.165, 1.54) is 44.4 Å². The van der Waals surface area contributed by atoms with Crippen LogP contribution in [0, 0.1) is 10.1 Å². The monoisotopic (exact) mass is 272 g/mol. The third-order valence-corrected chi connectivity index (χ3v) is 4.02. The summed E-state index contributed by atoms with van der Waals surface area (Å²) < 4.78 is 5.15. The van der Waals surface area contributed by atoms with Crippen LogP contribution in [0.5, 0.6) is 5.75 Å². The number of aromatic nitrogens is 1. The van der Waals surface area contributed by atoms with Crippen LogP contribution in [-0.2, 0) is 0 Å². The molecule has 1 aliphatic carbocycles. The van der Waals surface area contributed by atoms with Gasteiger partial charge in [-0.1, -0.05) is 12.8 Å². The van der Waals surface area contributed by atoms with E-state index in [0.29, 0.717) is 17.2 Å². The molecule has 0 amide bonds. The highest BCUT2D eigenvalue weighted by Gasteiger charge is 2.20. The van der Waals surface area contributed by atoms with E-state index in [-0.39, 0.29) is 5.69 Å². The van der Waals surface area contributed by atoms with Gasteiger partial charge in [-0.3, -0.25) is 10.1 Å². The first-order valence-electron chi connectivity index (χ1n) is 6.81. The summed E-state index contributed by atoms with van der Waals surface area (Å²) in [5.41, 5.74) is 1.60. The summed E-state index contributed by atoms with van der Waals surface area (Å²) in [6.07, 6.45) is 6.65. The largest absolute Gasteiger partial charge is 0.496 e. The van der Waals surface area contributed by atoms with Crippen molar-refractivity contribution in [1.82, 2.24) is 4.98 Å². The van der Waals surface area contributed by atoms with Crippen molar-refractivity contribution in [3.05, 3.63) is 40.1 Å². The lowest BCUT2D eigenvalue weighted by Crippen LogP contribution is -1.97. The highest BCUT2D eigenvalue weighted by molar-refractivity contribution is 5.89. The molecule has 1 aromatic carbocycles. The quantitative estimate of drug-likeness (QED) is 0.629. The van der Waals surface area contributed by atoms with Crippen molar-refractivity contribution in [2.75, 3.05) is 7.11 Å². The zero-order chi connectivity index (χ0) is 14.1. The molecule has 1 heterocycles. The van der Waals surface area contributed by atoms with Gasteiger partial charge in [0.1, 0.15) is 11.3 Å². The Morgan fingerprint density at radius 3 is 2.70 bits per heavy atom. The first-order chi connectivity index (χ1) is 9.69. The van der Waals surface area contributed by atoms with Gasteiger partial charge in [0.2, 0.25) is 0 Å². The number of ether oxygens (including phenoxy) is 1. The van der Waals surface area contributed by atoms with E-state index in [2.05, 4.69) is 4.98 Å². The normalized spacial score (nSPS) is 15.7. The molecule has 5 nitrogen and oxygen atoms in total. The molecule has 0 atom stereocenters. The summed E-state index contributed by atoms with van der Waals surface area (Å²) in [5.74, 6) is 1.03. The van der Waals surface area contributed by atoms with Crippen LogP contribution >= 0.6 is 0 Å². The highest BCUT2D eigenvalue weighted by Crippen LogP contribution is 2.36. The predicted octanol–water partition coefficient (Wildman–Crippen LogP) is 3.81. The Hall–Kier alpha value is -2.17. The fourth-order valence-corrected chi connectivity index (χ4v) is 2.96. The van der Waals surface area contributed by atoms with E-state index in [1.807, 2.05) is 12.1 Å². The molecule has 20 heavy (non-hydrogen) atoms. The van der Waals surface area contributed by atoms with Crippen LogP contribution in [0.4, 0.5) is 5.69 Å². The average Bonchev–Trinajstić information content (AvgIpc) is 2.99. The Labute approximate surface area is 116 Å². The fraction of sp³-hybridized carbons (Fsp3) is 0.400. The average molecular weight is 272 g/mol. The smallest absolute Gasteiger partial charge is 0.299 e. The number of rotatable bonds is 3. The third kappa shape index (κ3) is 2.19. The SMILES string of the molecule is COc1cc([N+](=O)[O-])c2ncc(C3CCCC3)cc2c1. The molecule has 0 bridgehead atoms. The van der Waals surface area contributed by atoms with Gasteiger partial charge in [0.25, 0.3) is 5.69 Å². The fourth-order valence-electron chi connectivity index (χ4n) is 2.96. The van der Waals surface area contributed by atoms with E-state index in [1.54, 1.807) is 6.20 Å². The Morgan fingerprint density at radius 1 is 1.30 bits per heavy atom. The first kappa shape index (κ1) is 12.8. The maximum atomic E-state index is 11.1. The molecule has 104 valence electrons. The van der Waals surface area contributed by atoms with Gasteiger partial charge in [-0.2, -0.15) is 0 Å². The van der Waals surface area contributed by atoms with Crippen molar-refractivity contribution in [2.24, 2.45) is 0 Å². The predicted molar refractivity (Wildman–Crippen MR) is 76.2 cm³/mol. The Balaban J connectivity index is 2.15. The van der Waals surface area contributed by atoms with Crippen LogP contribution in [0.3, 0.4) is 0 Å². The highest BCUT2D eigenvalue weighted by atomic mass is 16.6. The number of hydrogen-bond acceptors (Lipinski definition) is 4. The molecule has 1 aliphatic rings. The number of hydrogen-bond donors (Lipinski definition) is 0. The van der Waals surface area contributed by atoms with Crippen molar-refractivity contribution in [1.29, 1.82) is 0 Å². The van der Waals surface area contributed by atoms with E-state index in [4.69, 9.17) is 4.74 Å². The molecular formula is C15H16N2O3. The second-order valence-electron chi connectivity index (χ2n) is 5.23. The number of nitro benzene ring substituents is 1. The van der Waals surface area contributed by atoms with Gasteiger partial charge in [0, 0.05) is 11.6 Å². The second kappa shape index (κ2) is 5.07. The summed E-state index contributed by atoms with van der Waals surface area (Å²) in [7, 11) is 1.51. The molecule has 5 heteroatoms. The van der Waals surface area contributed by atoms with E-state index in [0.717, 1.165) is 5.39 Å². The van der Waals surface area contributed by atoms with Crippen LogP contribution in [0.15, 0.2) is 24.4 Å². The molecule has 0 saturated heterocycles. The van der Waals surface area contributed by atoms with Crippen molar-refractivity contribution in [3.63, 3.8) is 0 Å². The van der Waals surface area contributed by atoms with Gasteiger partial charge < -0.3 is 4.74 Å². The number of non-ortho nitro benzene ring substituents is 1. The molecule has 3 rings (SSSR count). The molecule has 2 aromatic rings. The van der Waals surface area contributed by atoms with Gasteiger partial charge >= 0.3 is 0 Å². The standard InChI is InChI=1S/C15H16N2O3/c1-20-13-7-11-6-12(10-4-2-3-5-10)9-16-15(11)14(8-13)17(18)19/h6-10H,2-5H2,1H3. The van der Waals surface area contributed by atoms with E-state index in [9.17, 15) is 10.1 Å². The summed E-state index contributed by atoms with van der Waals surface area (Å²) in [6, 6.07) is 5.26. The molecular weight excluding hydrogens is 256 g/mol. The minimum Gasteiger partial charge on any atom is -0.496 e. The Bertz CT molecular complexity index is 663. The number of pyridine rings is 1. The van der Waals surface area contributed by atoms with Gasteiger partial charge in [0.15, 0.2) is 0 Å². The Kier molecular flexibility index (Phi) is 3.26. The zero-order valence-corrected chi connectivity index (χ0v) is 11.3. The van der Waals surface area contributed by atoms with Crippen molar-refractivity contribution in [2.45, 2.75) is 31.6 Å². The summed E-state index contributed by atoms with van der Waals surface area (Å²) in [5, 5.41) is 11.9. The van der Waals surface area contributed by atoms with E-state index >= 15 is 0 Å². The van der Waals surface area contributed by atoms with E-state index < -0.39 is 4.92 Å². The lowest BCUT2D eigenvalue weighted by molar-refractivity contribution is -0.383. The summed E-state index contributed by atoms with van der Waals surface area (Å²) >= 11 is 0. The van der Waals surface area contributed by atoms with Gasteiger partial charge in [0.05, 0.1) is 18.1 Å². The van der Waals surface area contributed by atoms with Crippen LogP contribution in [0.1, 0.15) is 37.2 Å². The van der Waals surface area contributed by atoms with Crippen LogP contribution in [-0.4, -0.2) is 17.0 Å². The molecule has 1 aromatic heterocycles. The molecule has 0 spiro atoms. The minimum atomic E-state index is -0.410.